The van der Waals surface area contributed by atoms with Gasteiger partial charge in [-0.15, -0.1) is 11.3 Å². The minimum absolute atomic E-state index is 0.654. The predicted octanol–water partition coefficient (Wildman–Crippen LogP) is 4.81. The van der Waals surface area contributed by atoms with Gasteiger partial charge in [-0.3, -0.25) is 4.68 Å². The van der Waals surface area contributed by atoms with E-state index in [1.54, 1.807) is 16.0 Å². The van der Waals surface area contributed by atoms with E-state index < -0.39 is 0 Å². The Balaban J connectivity index is 2.24. The van der Waals surface area contributed by atoms with Gasteiger partial charge in [-0.1, -0.05) is 23.7 Å². The van der Waals surface area contributed by atoms with Crippen LogP contribution >= 0.6 is 38.9 Å². The predicted molar refractivity (Wildman–Crippen MR) is 89.1 cm³/mol. The average Bonchev–Trinajstić information content (AvgIpc) is 3.03. The maximum atomic E-state index is 6.18. The number of hydrogen-bond acceptors (Lipinski definition) is 3. The molecule has 2 heterocycles. The second-order valence-corrected chi connectivity index (χ2v) is 6.55. The van der Waals surface area contributed by atoms with E-state index in [1.807, 2.05) is 42.8 Å². The summed E-state index contributed by atoms with van der Waals surface area (Å²) >= 11 is 11.2. The zero-order chi connectivity index (χ0) is 14.3. The quantitative estimate of drug-likeness (QED) is 0.705. The summed E-state index contributed by atoms with van der Waals surface area (Å²) in [5.41, 5.74) is 8.93. The van der Waals surface area contributed by atoms with Crippen molar-refractivity contribution in [2.24, 2.45) is 7.05 Å². The Labute approximate surface area is 134 Å². The van der Waals surface area contributed by atoms with Gasteiger partial charge >= 0.3 is 0 Å². The Kier molecular flexibility index (Phi) is 3.58. The molecule has 6 heteroatoms. The van der Waals surface area contributed by atoms with E-state index in [4.69, 9.17) is 17.3 Å². The second-order valence-electron chi connectivity index (χ2n) is 4.34. The molecule has 20 heavy (non-hydrogen) atoms. The lowest BCUT2D eigenvalue weighted by Crippen LogP contribution is -1.97. The van der Waals surface area contributed by atoms with E-state index in [9.17, 15) is 0 Å². The molecule has 0 aliphatic heterocycles. The van der Waals surface area contributed by atoms with Gasteiger partial charge in [0.2, 0.25) is 0 Å². The maximum Gasteiger partial charge on any atom is 0.130 e. The lowest BCUT2D eigenvalue weighted by atomic mass is 10.1. The van der Waals surface area contributed by atoms with Crippen LogP contribution in [0, 0.1) is 0 Å². The highest BCUT2D eigenvalue weighted by atomic mass is 79.9. The van der Waals surface area contributed by atoms with Crippen molar-refractivity contribution < 1.29 is 0 Å². The minimum atomic E-state index is 0.654. The van der Waals surface area contributed by atoms with Crippen molar-refractivity contribution in [3.8, 4) is 21.7 Å². The van der Waals surface area contributed by atoms with Gasteiger partial charge in [0, 0.05) is 22.0 Å². The summed E-state index contributed by atoms with van der Waals surface area (Å²) in [4.78, 5) is 1.10. The topological polar surface area (TPSA) is 43.8 Å². The number of hydrogen-bond donors (Lipinski definition) is 1. The minimum Gasteiger partial charge on any atom is -0.383 e. The summed E-state index contributed by atoms with van der Waals surface area (Å²) in [6.07, 6.45) is 0. The SMILES string of the molecule is Cn1nc(-c2ccc(Br)c(Cl)c2)c(-c2cccs2)c1N. The van der Waals surface area contributed by atoms with Crippen molar-refractivity contribution in [2.45, 2.75) is 0 Å². The molecule has 0 amide bonds. The van der Waals surface area contributed by atoms with Gasteiger partial charge in [0.25, 0.3) is 0 Å². The molecule has 0 spiro atoms. The molecule has 0 radical (unpaired) electrons. The van der Waals surface area contributed by atoms with Gasteiger partial charge in [0.1, 0.15) is 11.5 Å². The molecule has 0 aliphatic rings. The number of thiophene rings is 1. The van der Waals surface area contributed by atoms with Gasteiger partial charge in [-0.05, 0) is 39.5 Å². The lowest BCUT2D eigenvalue weighted by molar-refractivity contribution is 0.782. The van der Waals surface area contributed by atoms with Crippen LogP contribution in [0.15, 0.2) is 40.2 Å². The molecule has 0 atom stereocenters. The van der Waals surface area contributed by atoms with E-state index >= 15 is 0 Å². The molecule has 0 fully saturated rings. The van der Waals surface area contributed by atoms with Gasteiger partial charge < -0.3 is 5.73 Å². The first-order chi connectivity index (χ1) is 9.58. The number of aryl methyl sites for hydroxylation is 1. The first-order valence-corrected chi connectivity index (χ1v) is 7.94. The van der Waals surface area contributed by atoms with Crippen LogP contribution in [0.4, 0.5) is 5.82 Å². The third-order valence-electron chi connectivity index (χ3n) is 3.05. The van der Waals surface area contributed by atoms with Crippen LogP contribution in [-0.2, 0) is 7.05 Å². The molecule has 0 saturated heterocycles. The molecule has 3 nitrogen and oxygen atoms in total. The molecule has 0 unspecified atom stereocenters. The van der Waals surface area contributed by atoms with Crippen molar-refractivity contribution >= 4 is 44.7 Å². The van der Waals surface area contributed by atoms with Crippen LogP contribution in [0.2, 0.25) is 5.02 Å². The summed E-state index contributed by atoms with van der Waals surface area (Å²) in [5, 5.41) is 7.22. The van der Waals surface area contributed by atoms with Crippen LogP contribution < -0.4 is 5.73 Å². The number of nitrogens with two attached hydrogens (primary N) is 1. The fourth-order valence-electron chi connectivity index (χ4n) is 2.05. The average molecular weight is 369 g/mol. The Hall–Kier alpha value is -1.30. The maximum absolute atomic E-state index is 6.18. The largest absolute Gasteiger partial charge is 0.383 e. The normalized spacial score (nSPS) is 10.9. The Morgan fingerprint density at radius 3 is 2.80 bits per heavy atom. The van der Waals surface area contributed by atoms with Crippen LogP contribution in [0.25, 0.3) is 21.7 Å². The first kappa shape index (κ1) is 13.7. The van der Waals surface area contributed by atoms with Crippen LogP contribution in [0.5, 0.6) is 0 Å². The number of benzene rings is 1. The highest BCUT2D eigenvalue weighted by Gasteiger charge is 2.18. The number of rotatable bonds is 2. The number of halogens is 2. The molecule has 102 valence electrons. The molecule has 3 aromatic rings. The smallest absolute Gasteiger partial charge is 0.130 e. The van der Waals surface area contributed by atoms with Crippen molar-refractivity contribution in [1.29, 1.82) is 0 Å². The summed E-state index contributed by atoms with van der Waals surface area (Å²) in [7, 11) is 1.84. The van der Waals surface area contributed by atoms with Crippen molar-refractivity contribution in [3.05, 3.63) is 45.2 Å². The standard InChI is InChI=1S/C14H11BrClN3S/c1-19-14(17)12(11-3-2-6-20-11)13(18-19)8-4-5-9(15)10(16)7-8/h2-7H,17H2,1H3. The number of aromatic nitrogens is 2. The molecule has 3 rings (SSSR count). The van der Waals surface area contributed by atoms with E-state index in [-0.39, 0.29) is 0 Å². The first-order valence-electron chi connectivity index (χ1n) is 5.89. The fourth-order valence-corrected chi connectivity index (χ4v) is 3.25. The monoisotopic (exact) mass is 367 g/mol. The van der Waals surface area contributed by atoms with Crippen LogP contribution in [-0.4, -0.2) is 9.78 Å². The Bertz CT molecular complexity index is 765. The van der Waals surface area contributed by atoms with Crippen molar-refractivity contribution in [3.63, 3.8) is 0 Å². The van der Waals surface area contributed by atoms with E-state index in [0.29, 0.717) is 10.8 Å². The molecule has 2 aromatic heterocycles. The molecule has 0 saturated carbocycles. The molecule has 2 N–H and O–H groups in total. The van der Waals surface area contributed by atoms with Crippen LogP contribution in [0.3, 0.4) is 0 Å². The molecule has 0 aliphatic carbocycles. The molecule has 0 bridgehead atoms. The van der Waals surface area contributed by atoms with Crippen molar-refractivity contribution in [1.82, 2.24) is 9.78 Å². The number of nitrogens with zero attached hydrogens (tertiary/aromatic N) is 2. The highest BCUT2D eigenvalue weighted by molar-refractivity contribution is 9.10. The molecule has 1 aromatic carbocycles. The Morgan fingerprint density at radius 1 is 1.35 bits per heavy atom. The van der Waals surface area contributed by atoms with Gasteiger partial charge in [-0.2, -0.15) is 5.10 Å². The Morgan fingerprint density at radius 2 is 2.15 bits per heavy atom. The third-order valence-corrected chi connectivity index (χ3v) is 5.17. The summed E-state index contributed by atoms with van der Waals surface area (Å²) in [6, 6.07) is 9.84. The zero-order valence-corrected chi connectivity index (χ0v) is 13.8. The van der Waals surface area contributed by atoms with Crippen molar-refractivity contribution in [2.75, 3.05) is 5.73 Å². The highest BCUT2D eigenvalue weighted by Crippen LogP contribution is 2.39. The van der Waals surface area contributed by atoms with E-state index in [1.165, 1.54) is 0 Å². The molecular weight excluding hydrogens is 358 g/mol. The van der Waals surface area contributed by atoms with Gasteiger partial charge in [0.05, 0.1) is 10.6 Å². The summed E-state index contributed by atoms with van der Waals surface area (Å²) in [6.45, 7) is 0. The summed E-state index contributed by atoms with van der Waals surface area (Å²) in [5.74, 6) is 0.654. The molecular formula is C14H11BrClN3S. The van der Waals surface area contributed by atoms with E-state index in [0.717, 1.165) is 26.2 Å². The third kappa shape index (κ3) is 2.26. The van der Waals surface area contributed by atoms with Crippen LogP contribution in [0.1, 0.15) is 0 Å². The second kappa shape index (κ2) is 5.24. The zero-order valence-electron chi connectivity index (χ0n) is 10.6. The summed E-state index contributed by atoms with van der Waals surface area (Å²) < 4.78 is 2.56. The van der Waals surface area contributed by atoms with E-state index in [2.05, 4.69) is 21.0 Å². The number of nitrogen functional groups attached to an aromatic ring is 1. The number of anilines is 1. The fraction of sp³-hybridized carbons (Fsp3) is 0.0714. The van der Waals surface area contributed by atoms with Gasteiger partial charge in [0.15, 0.2) is 0 Å². The van der Waals surface area contributed by atoms with Gasteiger partial charge in [-0.25, -0.2) is 0 Å². The lowest BCUT2D eigenvalue weighted by Gasteiger charge is -2.03.